The number of benzene rings is 1. The van der Waals surface area contributed by atoms with E-state index in [0.29, 0.717) is 5.92 Å². The van der Waals surface area contributed by atoms with E-state index < -0.39 is 0 Å². The van der Waals surface area contributed by atoms with E-state index in [9.17, 15) is 5.11 Å². The van der Waals surface area contributed by atoms with Crippen molar-refractivity contribution in [1.29, 1.82) is 0 Å². The Balaban J connectivity index is 2.61. The molecule has 59 valence electrons. The number of hydrogen-bond acceptors (Lipinski definition) is 0. The Morgan fingerprint density at radius 1 is 1.27 bits per heavy atom. The van der Waals surface area contributed by atoms with Gasteiger partial charge in [0, 0.05) is 0 Å². The van der Waals surface area contributed by atoms with Gasteiger partial charge in [0.1, 0.15) is 0 Å². The van der Waals surface area contributed by atoms with E-state index in [-0.39, 0.29) is 6.61 Å². The molecule has 1 radical (unpaired) electrons. The molecule has 0 aliphatic heterocycles. The van der Waals surface area contributed by atoms with E-state index in [4.69, 9.17) is 0 Å². The minimum atomic E-state index is 0.0239. The minimum Gasteiger partial charge on any atom is -0.237 e. The van der Waals surface area contributed by atoms with Crippen molar-refractivity contribution >= 4 is 0 Å². The van der Waals surface area contributed by atoms with E-state index in [0.717, 1.165) is 6.42 Å². The summed E-state index contributed by atoms with van der Waals surface area (Å²) < 4.78 is 0. The molecular weight excluding hydrogens is 136 g/mol. The first-order valence-corrected chi connectivity index (χ1v) is 3.97. The van der Waals surface area contributed by atoms with Crippen LogP contribution >= 0.6 is 0 Å². The van der Waals surface area contributed by atoms with Gasteiger partial charge in [0.05, 0.1) is 6.61 Å². The summed E-state index contributed by atoms with van der Waals surface area (Å²) in [5.74, 6) is 0.411. The highest BCUT2D eigenvalue weighted by atomic mass is 16.3. The van der Waals surface area contributed by atoms with Crippen LogP contribution in [0.5, 0.6) is 0 Å². The van der Waals surface area contributed by atoms with Crippen LogP contribution in [0.4, 0.5) is 0 Å². The van der Waals surface area contributed by atoms with E-state index in [1.54, 1.807) is 0 Å². The molecule has 1 heteroatoms. The Bertz CT molecular complexity index is 193. The van der Waals surface area contributed by atoms with Gasteiger partial charge in [-0.1, -0.05) is 37.3 Å². The highest BCUT2D eigenvalue weighted by Gasteiger charge is 2.02. The Hall–Kier alpha value is -0.820. The van der Waals surface area contributed by atoms with E-state index in [1.165, 1.54) is 5.56 Å². The van der Waals surface area contributed by atoms with Crippen molar-refractivity contribution in [1.82, 2.24) is 0 Å². The van der Waals surface area contributed by atoms with Crippen LogP contribution in [0.2, 0.25) is 0 Å². The quantitative estimate of drug-likeness (QED) is 0.629. The summed E-state index contributed by atoms with van der Waals surface area (Å²) in [4.78, 5) is 0. The van der Waals surface area contributed by atoms with Gasteiger partial charge in [0.25, 0.3) is 0 Å². The first-order chi connectivity index (χ1) is 5.34. The van der Waals surface area contributed by atoms with Crippen molar-refractivity contribution in [3.63, 3.8) is 0 Å². The summed E-state index contributed by atoms with van der Waals surface area (Å²) >= 11 is 0. The van der Waals surface area contributed by atoms with Crippen molar-refractivity contribution in [3.8, 4) is 0 Å². The molecule has 1 aromatic rings. The molecule has 0 saturated heterocycles. The molecule has 1 nitrogen and oxygen atoms in total. The van der Waals surface area contributed by atoms with Crippen LogP contribution in [-0.2, 0) is 5.11 Å². The monoisotopic (exact) mass is 149 g/mol. The zero-order valence-corrected chi connectivity index (χ0v) is 6.79. The standard InChI is InChI=1S/C10H13O/c1-9(7-8-11)10-5-3-2-4-6-10/h2-6,9H,7-8H2,1H3. The zero-order valence-electron chi connectivity index (χ0n) is 6.79. The van der Waals surface area contributed by atoms with Gasteiger partial charge < -0.3 is 0 Å². The third kappa shape index (κ3) is 2.35. The normalized spacial score (nSPS) is 12.9. The Kier molecular flexibility index (Phi) is 3.12. The highest BCUT2D eigenvalue weighted by Crippen LogP contribution is 2.17. The first-order valence-electron chi connectivity index (χ1n) is 3.97. The lowest BCUT2D eigenvalue weighted by Gasteiger charge is -2.07. The van der Waals surface area contributed by atoms with Gasteiger partial charge in [-0.2, -0.15) is 0 Å². The van der Waals surface area contributed by atoms with Gasteiger partial charge in [-0.25, -0.2) is 5.11 Å². The first kappa shape index (κ1) is 8.28. The molecule has 1 atom stereocenters. The second-order valence-electron chi connectivity index (χ2n) is 2.80. The molecule has 0 N–H and O–H groups in total. The Morgan fingerprint density at radius 3 is 2.45 bits per heavy atom. The molecule has 0 aliphatic carbocycles. The van der Waals surface area contributed by atoms with Crippen LogP contribution in [0.25, 0.3) is 0 Å². The fourth-order valence-corrected chi connectivity index (χ4v) is 1.13. The Labute approximate surface area is 67.7 Å². The molecule has 1 unspecified atom stereocenters. The van der Waals surface area contributed by atoms with Crippen molar-refractivity contribution in [3.05, 3.63) is 35.9 Å². The molecule has 0 amide bonds. The van der Waals surface area contributed by atoms with Crippen LogP contribution in [0.1, 0.15) is 24.8 Å². The molecule has 11 heavy (non-hydrogen) atoms. The highest BCUT2D eigenvalue weighted by molar-refractivity contribution is 5.18. The largest absolute Gasteiger partial charge is 0.237 e. The average Bonchev–Trinajstić information content (AvgIpc) is 2.07. The predicted octanol–water partition coefficient (Wildman–Crippen LogP) is 2.61. The van der Waals surface area contributed by atoms with Crippen molar-refractivity contribution in [2.75, 3.05) is 6.61 Å². The van der Waals surface area contributed by atoms with Crippen molar-refractivity contribution in [2.24, 2.45) is 0 Å². The fraction of sp³-hybridized carbons (Fsp3) is 0.400. The lowest BCUT2D eigenvalue weighted by Crippen LogP contribution is -1.94. The second-order valence-corrected chi connectivity index (χ2v) is 2.80. The summed E-state index contributed by atoms with van der Waals surface area (Å²) in [5.41, 5.74) is 1.27. The Morgan fingerprint density at radius 2 is 1.91 bits per heavy atom. The van der Waals surface area contributed by atoms with Gasteiger partial charge in [0.15, 0.2) is 0 Å². The van der Waals surface area contributed by atoms with Gasteiger partial charge in [-0.05, 0) is 17.9 Å². The molecule has 1 aromatic carbocycles. The molecule has 0 saturated carbocycles. The zero-order chi connectivity index (χ0) is 8.10. The fourth-order valence-electron chi connectivity index (χ4n) is 1.13. The van der Waals surface area contributed by atoms with Crippen LogP contribution < -0.4 is 0 Å². The topological polar surface area (TPSA) is 19.9 Å². The molecule has 0 fully saturated rings. The maximum atomic E-state index is 10.3. The third-order valence-electron chi connectivity index (χ3n) is 1.92. The summed E-state index contributed by atoms with van der Waals surface area (Å²) in [7, 11) is 0. The molecule has 1 rings (SSSR count). The van der Waals surface area contributed by atoms with Crippen molar-refractivity contribution < 1.29 is 5.11 Å². The lowest BCUT2D eigenvalue weighted by molar-refractivity contribution is 0.183. The van der Waals surface area contributed by atoms with Crippen LogP contribution in [-0.4, -0.2) is 6.61 Å². The smallest absolute Gasteiger partial charge is 0.0828 e. The van der Waals surface area contributed by atoms with E-state index in [2.05, 4.69) is 19.1 Å². The van der Waals surface area contributed by atoms with Crippen LogP contribution in [0.15, 0.2) is 30.3 Å². The lowest BCUT2D eigenvalue weighted by atomic mass is 9.99. The molecular formula is C10H13O. The third-order valence-corrected chi connectivity index (χ3v) is 1.92. The number of rotatable bonds is 3. The van der Waals surface area contributed by atoms with Crippen LogP contribution in [0.3, 0.4) is 0 Å². The molecule has 0 aliphatic rings. The summed E-state index contributed by atoms with van der Waals surface area (Å²) in [6.45, 7) is 2.11. The second kappa shape index (κ2) is 4.14. The predicted molar refractivity (Wildman–Crippen MR) is 45.0 cm³/mol. The van der Waals surface area contributed by atoms with Gasteiger partial charge in [-0.3, -0.25) is 0 Å². The van der Waals surface area contributed by atoms with E-state index >= 15 is 0 Å². The summed E-state index contributed by atoms with van der Waals surface area (Å²) in [5, 5.41) is 10.3. The molecule has 0 heterocycles. The summed E-state index contributed by atoms with van der Waals surface area (Å²) in [6, 6.07) is 10.2. The van der Waals surface area contributed by atoms with Gasteiger partial charge in [0.2, 0.25) is 0 Å². The summed E-state index contributed by atoms with van der Waals surface area (Å²) in [6.07, 6.45) is 0.740. The average molecular weight is 149 g/mol. The maximum Gasteiger partial charge on any atom is 0.0828 e. The molecule has 0 bridgehead atoms. The maximum absolute atomic E-state index is 10.3. The van der Waals surface area contributed by atoms with Crippen molar-refractivity contribution in [2.45, 2.75) is 19.3 Å². The molecule has 0 aromatic heterocycles. The minimum absolute atomic E-state index is 0.0239. The SMILES string of the molecule is CC(CC[O])c1ccccc1. The van der Waals surface area contributed by atoms with Gasteiger partial charge >= 0.3 is 0 Å². The number of hydrogen-bond donors (Lipinski definition) is 0. The van der Waals surface area contributed by atoms with Crippen LogP contribution in [0, 0.1) is 0 Å². The molecule has 0 spiro atoms. The van der Waals surface area contributed by atoms with Gasteiger partial charge in [-0.15, -0.1) is 0 Å². The van der Waals surface area contributed by atoms with E-state index in [1.807, 2.05) is 18.2 Å².